The molecule has 0 spiro atoms. The molecule has 2 unspecified atom stereocenters. The van der Waals surface area contributed by atoms with Crippen LogP contribution in [0, 0.1) is 0 Å². The first-order valence-electron chi connectivity index (χ1n) is 6.50. The fourth-order valence-corrected chi connectivity index (χ4v) is 2.16. The van der Waals surface area contributed by atoms with Crippen molar-refractivity contribution in [2.75, 3.05) is 20.2 Å². The van der Waals surface area contributed by atoms with Crippen molar-refractivity contribution in [3.05, 3.63) is 35.9 Å². The van der Waals surface area contributed by atoms with Crippen molar-refractivity contribution in [3.63, 3.8) is 0 Å². The Balaban J connectivity index is 0.00000200. The Kier molecular flexibility index (Phi) is 7.36. The van der Waals surface area contributed by atoms with Crippen molar-refractivity contribution in [1.82, 2.24) is 10.6 Å². The molecule has 0 aromatic heterocycles. The van der Waals surface area contributed by atoms with E-state index < -0.39 is 6.09 Å². The van der Waals surface area contributed by atoms with Crippen molar-refractivity contribution in [3.8, 4) is 0 Å². The average molecular weight is 301 g/mol. The Morgan fingerprint density at radius 2 is 2.15 bits per heavy atom. The standard InChI is InChI=1S/C14H20N2O3.ClH/c1-18-13-9-15-8-7-12(13)16-14(17)19-10-11-5-3-2-4-6-11;/h2-6,12-13,15H,7-10H2,1H3,(H,16,17);1H. The van der Waals surface area contributed by atoms with Crippen LogP contribution in [0.3, 0.4) is 0 Å². The number of methoxy groups -OCH3 is 1. The molecule has 0 bridgehead atoms. The van der Waals surface area contributed by atoms with Gasteiger partial charge in [0.2, 0.25) is 0 Å². The molecule has 1 aromatic carbocycles. The van der Waals surface area contributed by atoms with Gasteiger partial charge < -0.3 is 20.1 Å². The van der Waals surface area contributed by atoms with Crippen molar-refractivity contribution in [2.45, 2.75) is 25.2 Å². The van der Waals surface area contributed by atoms with Gasteiger partial charge in [-0.1, -0.05) is 30.3 Å². The third-order valence-electron chi connectivity index (χ3n) is 3.25. The van der Waals surface area contributed by atoms with E-state index >= 15 is 0 Å². The van der Waals surface area contributed by atoms with Gasteiger partial charge in [-0.3, -0.25) is 0 Å². The van der Waals surface area contributed by atoms with Gasteiger partial charge in [-0.05, 0) is 18.5 Å². The molecule has 0 saturated carbocycles. The van der Waals surface area contributed by atoms with E-state index in [0.29, 0.717) is 0 Å². The van der Waals surface area contributed by atoms with Gasteiger partial charge in [-0.25, -0.2) is 4.79 Å². The Labute approximate surface area is 125 Å². The van der Waals surface area contributed by atoms with Gasteiger partial charge in [0.05, 0.1) is 12.1 Å². The van der Waals surface area contributed by atoms with Crippen molar-refractivity contribution in [1.29, 1.82) is 0 Å². The Hall–Kier alpha value is -1.30. The zero-order valence-electron chi connectivity index (χ0n) is 11.5. The van der Waals surface area contributed by atoms with E-state index in [0.717, 1.165) is 25.1 Å². The monoisotopic (exact) mass is 300 g/mol. The maximum absolute atomic E-state index is 11.7. The van der Waals surface area contributed by atoms with Gasteiger partial charge in [-0.15, -0.1) is 12.4 Å². The summed E-state index contributed by atoms with van der Waals surface area (Å²) in [5, 5.41) is 6.09. The second kappa shape index (κ2) is 8.79. The predicted molar refractivity (Wildman–Crippen MR) is 79.1 cm³/mol. The molecule has 0 radical (unpaired) electrons. The first-order valence-corrected chi connectivity index (χ1v) is 6.50. The van der Waals surface area contributed by atoms with Crippen LogP contribution >= 0.6 is 12.4 Å². The van der Waals surface area contributed by atoms with Crippen LogP contribution in [0.25, 0.3) is 0 Å². The van der Waals surface area contributed by atoms with Crippen LogP contribution in [0.1, 0.15) is 12.0 Å². The minimum absolute atomic E-state index is 0. The molecule has 2 N–H and O–H groups in total. The van der Waals surface area contributed by atoms with E-state index in [4.69, 9.17) is 9.47 Å². The average Bonchev–Trinajstić information content (AvgIpc) is 2.47. The maximum atomic E-state index is 11.7. The zero-order chi connectivity index (χ0) is 13.5. The number of halogens is 1. The van der Waals surface area contributed by atoms with Crippen LogP contribution in [-0.2, 0) is 16.1 Å². The second-order valence-corrected chi connectivity index (χ2v) is 4.58. The largest absolute Gasteiger partial charge is 0.445 e. The molecule has 1 aromatic rings. The maximum Gasteiger partial charge on any atom is 0.407 e. The summed E-state index contributed by atoms with van der Waals surface area (Å²) in [7, 11) is 1.65. The number of carbonyl (C=O) groups excluding carboxylic acids is 1. The summed E-state index contributed by atoms with van der Waals surface area (Å²) in [6.07, 6.45) is 0.453. The molecule has 1 fully saturated rings. The number of piperidine rings is 1. The number of amides is 1. The highest BCUT2D eigenvalue weighted by atomic mass is 35.5. The van der Waals surface area contributed by atoms with E-state index in [1.165, 1.54) is 0 Å². The highest BCUT2D eigenvalue weighted by molar-refractivity contribution is 5.85. The summed E-state index contributed by atoms with van der Waals surface area (Å²) >= 11 is 0. The molecule has 112 valence electrons. The van der Waals surface area contributed by atoms with Crippen LogP contribution < -0.4 is 10.6 Å². The molecule has 6 heteroatoms. The highest BCUT2D eigenvalue weighted by Gasteiger charge is 2.26. The van der Waals surface area contributed by atoms with Crippen molar-refractivity contribution >= 4 is 18.5 Å². The number of alkyl carbamates (subject to hydrolysis) is 1. The third-order valence-corrected chi connectivity index (χ3v) is 3.25. The van der Waals surface area contributed by atoms with E-state index in [9.17, 15) is 4.79 Å². The van der Waals surface area contributed by atoms with E-state index in [-0.39, 0.29) is 31.2 Å². The minimum Gasteiger partial charge on any atom is -0.445 e. The molecular formula is C14H21ClN2O3. The summed E-state index contributed by atoms with van der Waals surface area (Å²) in [4.78, 5) is 11.7. The molecule has 1 heterocycles. The summed E-state index contributed by atoms with van der Waals surface area (Å²) in [5.41, 5.74) is 0.978. The van der Waals surface area contributed by atoms with Gasteiger partial charge in [0.25, 0.3) is 0 Å². The van der Waals surface area contributed by atoms with E-state index in [2.05, 4.69) is 10.6 Å². The molecule has 5 nitrogen and oxygen atoms in total. The molecule has 2 atom stereocenters. The third kappa shape index (κ3) is 5.00. The van der Waals surface area contributed by atoms with Crippen molar-refractivity contribution < 1.29 is 14.3 Å². The number of nitrogens with one attached hydrogen (secondary N) is 2. The molecule has 0 aliphatic carbocycles. The molecule has 1 saturated heterocycles. The lowest BCUT2D eigenvalue weighted by Gasteiger charge is -2.31. The summed E-state index contributed by atoms with van der Waals surface area (Å²) < 4.78 is 10.5. The lowest BCUT2D eigenvalue weighted by atomic mass is 10.0. The molecule has 1 aliphatic rings. The Morgan fingerprint density at radius 3 is 2.85 bits per heavy atom. The highest BCUT2D eigenvalue weighted by Crippen LogP contribution is 2.08. The quantitative estimate of drug-likeness (QED) is 0.889. The van der Waals surface area contributed by atoms with Gasteiger partial charge in [0.1, 0.15) is 6.61 Å². The van der Waals surface area contributed by atoms with Gasteiger partial charge in [-0.2, -0.15) is 0 Å². The number of hydrogen-bond donors (Lipinski definition) is 2. The molecule has 20 heavy (non-hydrogen) atoms. The van der Waals surface area contributed by atoms with Crippen LogP contribution in [0.15, 0.2) is 30.3 Å². The van der Waals surface area contributed by atoms with Gasteiger partial charge in [0.15, 0.2) is 0 Å². The fourth-order valence-electron chi connectivity index (χ4n) is 2.16. The number of carbonyl (C=O) groups is 1. The number of ether oxygens (including phenoxy) is 2. The van der Waals surface area contributed by atoms with Crippen molar-refractivity contribution in [2.24, 2.45) is 0 Å². The SMILES string of the molecule is COC1CNCCC1NC(=O)OCc1ccccc1.Cl. The first-order chi connectivity index (χ1) is 9.29. The second-order valence-electron chi connectivity index (χ2n) is 4.58. The summed E-state index contributed by atoms with van der Waals surface area (Å²) in [6, 6.07) is 9.64. The van der Waals surface area contributed by atoms with E-state index in [1.54, 1.807) is 7.11 Å². The lowest BCUT2D eigenvalue weighted by Crippen LogP contribution is -2.53. The minimum atomic E-state index is -0.391. The summed E-state index contributed by atoms with van der Waals surface area (Å²) in [6.45, 7) is 1.92. The number of hydrogen-bond acceptors (Lipinski definition) is 4. The smallest absolute Gasteiger partial charge is 0.407 e. The molecule has 2 rings (SSSR count). The molecule has 1 amide bonds. The Morgan fingerprint density at radius 1 is 1.40 bits per heavy atom. The van der Waals surface area contributed by atoms with Crippen LogP contribution in [-0.4, -0.2) is 38.4 Å². The Bertz CT molecular complexity index is 403. The summed E-state index contributed by atoms with van der Waals surface area (Å²) in [5.74, 6) is 0. The lowest BCUT2D eigenvalue weighted by molar-refractivity contribution is 0.0473. The zero-order valence-corrected chi connectivity index (χ0v) is 12.3. The number of benzene rings is 1. The first kappa shape index (κ1) is 16.8. The molecule has 1 aliphatic heterocycles. The van der Waals surface area contributed by atoms with Crippen LogP contribution in [0.5, 0.6) is 0 Å². The van der Waals surface area contributed by atoms with Crippen LogP contribution in [0.4, 0.5) is 4.79 Å². The topological polar surface area (TPSA) is 59.6 Å². The normalized spacial score (nSPS) is 21.6. The molecular weight excluding hydrogens is 280 g/mol. The number of rotatable bonds is 4. The van der Waals surface area contributed by atoms with Gasteiger partial charge in [0, 0.05) is 13.7 Å². The van der Waals surface area contributed by atoms with E-state index in [1.807, 2.05) is 30.3 Å². The van der Waals surface area contributed by atoms with Gasteiger partial charge >= 0.3 is 6.09 Å². The fraction of sp³-hybridized carbons (Fsp3) is 0.500. The predicted octanol–water partition coefficient (Wildman–Crippen LogP) is 1.71. The van der Waals surface area contributed by atoms with Crippen LogP contribution in [0.2, 0.25) is 0 Å².